The minimum Gasteiger partial charge on any atom is -0.493 e. The minimum atomic E-state index is -0.467. The van der Waals surface area contributed by atoms with Gasteiger partial charge in [-0.05, 0) is 49.1 Å². The molecule has 1 amide bonds. The fraction of sp³-hybridized carbons (Fsp3) is 0.167. The average Bonchev–Trinajstić information content (AvgIpc) is 2.72. The Morgan fingerprint density at radius 1 is 1.07 bits per heavy atom. The fourth-order valence-electron chi connectivity index (χ4n) is 2.96. The topological polar surface area (TPSA) is 71.3 Å². The summed E-state index contributed by atoms with van der Waals surface area (Å²) in [7, 11) is 1.55. The summed E-state index contributed by atoms with van der Waals surface area (Å²) in [6.07, 6.45) is 1.54. The van der Waals surface area contributed by atoms with E-state index in [1.807, 2.05) is 62.4 Å². The smallest absolute Gasteiger partial charge is 0.266 e. The highest BCUT2D eigenvalue weighted by Crippen LogP contribution is 2.30. The van der Waals surface area contributed by atoms with Gasteiger partial charge in [0.1, 0.15) is 11.6 Å². The summed E-state index contributed by atoms with van der Waals surface area (Å²) < 4.78 is 11.1. The second-order valence-corrected chi connectivity index (χ2v) is 6.73. The van der Waals surface area contributed by atoms with E-state index in [0.717, 1.165) is 10.8 Å². The zero-order chi connectivity index (χ0) is 20.8. The van der Waals surface area contributed by atoms with Crippen LogP contribution in [0.25, 0.3) is 16.8 Å². The number of ether oxygens (including phenoxy) is 2. The van der Waals surface area contributed by atoms with Crippen LogP contribution in [-0.2, 0) is 4.79 Å². The number of carbonyl (C=O) groups excluding carboxylic acids is 1. The highest BCUT2D eigenvalue weighted by Gasteiger charge is 2.13. The Labute approximate surface area is 170 Å². The van der Waals surface area contributed by atoms with Crippen molar-refractivity contribution in [2.45, 2.75) is 20.0 Å². The number of benzene rings is 3. The summed E-state index contributed by atoms with van der Waals surface area (Å²) in [6, 6.07) is 20.7. The molecular weight excluding hydrogens is 364 g/mol. The van der Waals surface area contributed by atoms with Crippen LogP contribution >= 0.6 is 0 Å². The van der Waals surface area contributed by atoms with Gasteiger partial charge in [0.15, 0.2) is 11.5 Å². The van der Waals surface area contributed by atoms with Crippen LogP contribution in [0.4, 0.5) is 5.69 Å². The van der Waals surface area contributed by atoms with Gasteiger partial charge >= 0.3 is 0 Å². The summed E-state index contributed by atoms with van der Waals surface area (Å²) in [5.41, 5.74) is 1.33. The van der Waals surface area contributed by atoms with Crippen molar-refractivity contribution >= 4 is 28.4 Å². The first-order valence-corrected chi connectivity index (χ1v) is 9.27. The first kappa shape index (κ1) is 20.0. The molecule has 0 fully saturated rings. The van der Waals surface area contributed by atoms with Gasteiger partial charge in [0, 0.05) is 11.1 Å². The predicted octanol–water partition coefficient (Wildman–Crippen LogP) is 5.18. The standard InChI is InChI=1S/C24H22N2O3/c1-16(2)29-22-12-11-17(14-23(22)28-3)13-19(15-25)24(27)26-21-10-6-8-18-7-4-5-9-20(18)21/h4-14,16H,1-3H3,(H,26,27)/b19-13-. The number of carbonyl (C=O) groups is 1. The Hall–Kier alpha value is -3.78. The maximum Gasteiger partial charge on any atom is 0.266 e. The van der Waals surface area contributed by atoms with E-state index < -0.39 is 5.91 Å². The fourth-order valence-corrected chi connectivity index (χ4v) is 2.96. The quantitative estimate of drug-likeness (QED) is 0.468. The predicted molar refractivity (Wildman–Crippen MR) is 115 cm³/mol. The Kier molecular flexibility index (Phi) is 6.16. The number of fused-ring (bicyclic) bond motifs is 1. The molecule has 3 aromatic rings. The number of rotatable bonds is 6. The van der Waals surface area contributed by atoms with E-state index in [-0.39, 0.29) is 11.7 Å². The Bertz CT molecular complexity index is 1110. The van der Waals surface area contributed by atoms with Gasteiger partial charge in [-0.1, -0.05) is 42.5 Å². The van der Waals surface area contributed by atoms with Gasteiger partial charge in [-0.3, -0.25) is 4.79 Å². The van der Waals surface area contributed by atoms with Crippen LogP contribution in [-0.4, -0.2) is 19.1 Å². The molecule has 0 aromatic heterocycles. The molecule has 146 valence electrons. The number of nitriles is 1. The zero-order valence-electron chi connectivity index (χ0n) is 16.6. The Morgan fingerprint density at radius 3 is 2.55 bits per heavy atom. The van der Waals surface area contributed by atoms with Gasteiger partial charge in [0.25, 0.3) is 5.91 Å². The lowest BCUT2D eigenvalue weighted by atomic mass is 10.1. The molecule has 0 aliphatic rings. The van der Waals surface area contributed by atoms with Crippen LogP contribution in [0.1, 0.15) is 19.4 Å². The van der Waals surface area contributed by atoms with Gasteiger partial charge in [-0.25, -0.2) is 0 Å². The van der Waals surface area contributed by atoms with Gasteiger partial charge in [-0.2, -0.15) is 5.26 Å². The SMILES string of the molecule is COc1cc(/C=C(/C#N)C(=O)Nc2cccc3ccccc23)ccc1OC(C)C. The molecule has 3 aromatic carbocycles. The number of hydrogen-bond acceptors (Lipinski definition) is 4. The molecule has 5 heteroatoms. The van der Waals surface area contributed by atoms with E-state index >= 15 is 0 Å². The monoisotopic (exact) mass is 386 g/mol. The Balaban J connectivity index is 1.88. The molecule has 0 aliphatic heterocycles. The molecule has 0 aliphatic carbocycles. The van der Waals surface area contributed by atoms with Crippen molar-refractivity contribution < 1.29 is 14.3 Å². The maximum atomic E-state index is 12.7. The lowest BCUT2D eigenvalue weighted by Gasteiger charge is -2.14. The molecule has 0 heterocycles. The van der Waals surface area contributed by atoms with E-state index in [2.05, 4.69) is 5.32 Å². The summed E-state index contributed by atoms with van der Waals surface area (Å²) in [5.74, 6) is 0.683. The third-order valence-corrected chi connectivity index (χ3v) is 4.26. The first-order chi connectivity index (χ1) is 14.0. The van der Waals surface area contributed by atoms with Crippen molar-refractivity contribution in [3.8, 4) is 17.6 Å². The Morgan fingerprint density at radius 2 is 1.83 bits per heavy atom. The number of nitrogens with one attached hydrogen (secondary N) is 1. The minimum absolute atomic E-state index is 0.00230. The van der Waals surface area contributed by atoms with Crippen molar-refractivity contribution in [3.63, 3.8) is 0 Å². The molecule has 0 saturated heterocycles. The number of anilines is 1. The zero-order valence-corrected chi connectivity index (χ0v) is 16.6. The highest BCUT2D eigenvalue weighted by molar-refractivity contribution is 6.12. The van der Waals surface area contributed by atoms with Crippen molar-refractivity contribution in [1.29, 1.82) is 5.26 Å². The normalized spacial score (nSPS) is 11.2. The van der Waals surface area contributed by atoms with Crippen molar-refractivity contribution in [1.82, 2.24) is 0 Å². The van der Waals surface area contributed by atoms with Crippen molar-refractivity contribution in [2.75, 3.05) is 12.4 Å². The summed E-state index contributed by atoms with van der Waals surface area (Å²) in [4.78, 5) is 12.7. The van der Waals surface area contributed by atoms with Gasteiger partial charge in [0.05, 0.1) is 13.2 Å². The molecule has 5 nitrogen and oxygen atoms in total. The third-order valence-electron chi connectivity index (χ3n) is 4.26. The highest BCUT2D eigenvalue weighted by atomic mass is 16.5. The summed E-state index contributed by atoms with van der Waals surface area (Å²) in [5, 5.41) is 14.3. The largest absolute Gasteiger partial charge is 0.493 e. The molecule has 0 atom stereocenters. The number of amides is 1. The molecule has 0 bridgehead atoms. The number of methoxy groups -OCH3 is 1. The second-order valence-electron chi connectivity index (χ2n) is 6.73. The lowest BCUT2D eigenvalue weighted by molar-refractivity contribution is -0.112. The molecule has 0 unspecified atom stereocenters. The van der Waals surface area contributed by atoms with Crippen LogP contribution in [0.15, 0.2) is 66.2 Å². The third kappa shape index (κ3) is 4.74. The molecule has 0 radical (unpaired) electrons. The maximum absolute atomic E-state index is 12.7. The molecular formula is C24H22N2O3. The van der Waals surface area contributed by atoms with Gasteiger partial charge < -0.3 is 14.8 Å². The van der Waals surface area contributed by atoms with E-state index in [9.17, 15) is 10.1 Å². The molecule has 1 N–H and O–H groups in total. The van der Waals surface area contributed by atoms with Crippen LogP contribution in [0, 0.1) is 11.3 Å². The van der Waals surface area contributed by atoms with E-state index in [1.165, 1.54) is 6.08 Å². The molecule has 0 spiro atoms. The van der Waals surface area contributed by atoms with Crippen molar-refractivity contribution in [3.05, 3.63) is 71.8 Å². The number of nitrogens with zero attached hydrogens (tertiary/aromatic N) is 1. The van der Waals surface area contributed by atoms with Crippen LogP contribution in [0.5, 0.6) is 11.5 Å². The molecule has 29 heavy (non-hydrogen) atoms. The van der Waals surface area contributed by atoms with E-state index in [4.69, 9.17) is 9.47 Å². The molecule has 3 rings (SSSR count). The van der Waals surface area contributed by atoms with E-state index in [0.29, 0.717) is 22.7 Å². The van der Waals surface area contributed by atoms with Crippen LogP contribution < -0.4 is 14.8 Å². The van der Waals surface area contributed by atoms with Crippen LogP contribution in [0.2, 0.25) is 0 Å². The first-order valence-electron chi connectivity index (χ1n) is 9.27. The lowest BCUT2D eigenvalue weighted by Crippen LogP contribution is -2.13. The van der Waals surface area contributed by atoms with E-state index in [1.54, 1.807) is 25.3 Å². The van der Waals surface area contributed by atoms with Gasteiger partial charge in [-0.15, -0.1) is 0 Å². The summed E-state index contributed by atoms with van der Waals surface area (Å²) in [6.45, 7) is 3.86. The summed E-state index contributed by atoms with van der Waals surface area (Å²) >= 11 is 0. The van der Waals surface area contributed by atoms with Gasteiger partial charge in [0.2, 0.25) is 0 Å². The number of hydrogen-bond donors (Lipinski definition) is 1. The molecule has 0 saturated carbocycles. The van der Waals surface area contributed by atoms with Crippen LogP contribution in [0.3, 0.4) is 0 Å². The van der Waals surface area contributed by atoms with Crippen molar-refractivity contribution in [2.24, 2.45) is 0 Å². The second kappa shape index (κ2) is 8.94. The average molecular weight is 386 g/mol.